The van der Waals surface area contributed by atoms with Crippen LogP contribution in [-0.2, 0) is 11.3 Å². The van der Waals surface area contributed by atoms with Gasteiger partial charge in [-0.2, -0.15) is 0 Å². The Morgan fingerprint density at radius 3 is 2.75 bits per heavy atom. The molecule has 1 atom stereocenters. The van der Waals surface area contributed by atoms with Crippen LogP contribution in [0.1, 0.15) is 18.4 Å². The number of guanidine groups is 1. The first-order valence-corrected chi connectivity index (χ1v) is 8.23. The van der Waals surface area contributed by atoms with E-state index in [0.717, 1.165) is 32.1 Å². The molecule has 0 amide bonds. The van der Waals surface area contributed by atoms with Gasteiger partial charge in [0.2, 0.25) is 0 Å². The molecule has 0 radical (unpaired) electrons. The van der Waals surface area contributed by atoms with Crippen molar-refractivity contribution in [3.8, 4) is 0 Å². The third-order valence-corrected chi connectivity index (χ3v) is 4.11. The molecular weight excluding hydrogens is 270 g/mol. The Morgan fingerprint density at radius 1 is 1.35 bits per heavy atom. The van der Waals surface area contributed by atoms with E-state index in [1.165, 1.54) is 16.9 Å². The van der Waals surface area contributed by atoms with Gasteiger partial charge in [-0.05, 0) is 36.8 Å². The molecule has 1 aromatic rings. The molecule has 1 unspecified atom stereocenters. The fourth-order valence-electron chi connectivity index (χ4n) is 2.17. The van der Waals surface area contributed by atoms with Crippen LogP contribution in [0.15, 0.2) is 34.2 Å². The summed E-state index contributed by atoms with van der Waals surface area (Å²) in [6, 6.07) is 8.58. The molecule has 0 aromatic heterocycles. The summed E-state index contributed by atoms with van der Waals surface area (Å²) in [4.78, 5) is 5.52. The van der Waals surface area contributed by atoms with E-state index in [-0.39, 0.29) is 0 Å². The number of hydrogen-bond acceptors (Lipinski definition) is 3. The van der Waals surface area contributed by atoms with Crippen molar-refractivity contribution in [3.63, 3.8) is 0 Å². The minimum Gasteiger partial charge on any atom is -0.376 e. The highest BCUT2D eigenvalue weighted by atomic mass is 32.2. The van der Waals surface area contributed by atoms with Crippen LogP contribution >= 0.6 is 11.8 Å². The Kier molecular flexibility index (Phi) is 6.21. The maximum Gasteiger partial charge on any atom is 0.191 e. The number of benzene rings is 1. The number of aliphatic imine (C=N–C) groups is 1. The molecule has 5 heteroatoms. The van der Waals surface area contributed by atoms with Crippen LogP contribution in [0, 0.1) is 0 Å². The number of nitrogens with one attached hydrogen (secondary N) is 2. The van der Waals surface area contributed by atoms with Gasteiger partial charge in [0.25, 0.3) is 0 Å². The van der Waals surface area contributed by atoms with Gasteiger partial charge in [-0.25, -0.2) is 0 Å². The van der Waals surface area contributed by atoms with Crippen molar-refractivity contribution in [2.75, 3.05) is 26.5 Å². The van der Waals surface area contributed by atoms with Gasteiger partial charge >= 0.3 is 0 Å². The lowest BCUT2D eigenvalue weighted by Crippen LogP contribution is -2.40. The molecule has 0 spiro atoms. The normalized spacial score (nSPS) is 19.1. The molecule has 0 bridgehead atoms. The van der Waals surface area contributed by atoms with Gasteiger partial charge in [-0.15, -0.1) is 11.8 Å². The largest absolute Gasteiger partial charge is 0.376 e. The average molecular weight is 293 g/mol. The average Bonchev–Trinajstić information content (AvgIpc) is 3.01. The molecule has 1 aromatic carbocycles. The first-order chi connectivity index (χ1) is 9.81. The molecule has 110 valence electrons. The zero-order valence-corrected chi connectivity index (χ0v) is 13.0. The van der Waals surface area contributed by atoms with Gasteiger partial charge in [0.1, 0.15) is 0 Å². The number of ether oxygens (including phenoxy) is 1. The molecule has 2 N–H and O–H groups in total. The highest BCUT2D eigenvalue weighted by Crippen LogP contribution is 2.14. The summed E-state index contributed by atoms with van der Waals surface area (Å²) in [6.07, 6.45) is 4.72. The Bertz CT molecular complexity index is 427. The van der Waals surface area contributed by atoms with Crippen molar-refractivity contribution in [2.45, 2.75) is 30.4 Å². The third-order valence-electron chi connectivity index (χ3n) is 3.36. The molecule has 1 aliphatic heterocycles. The maximum absolute atomic E-state index is 5.59. The molecule has 20 heavy (non-hydrogen) atoms. The summed E-state index contributed by atoms with van der Waals surface area (Å²) >= 11 is 1.76. The standard InChI is InChI=1S/C15H23N3OS/c1-16-15(18-11-13-4-3-9-19-13)17-10-12-5-7-14(20-2)8-6-12/h5-8,13H,3-4,9-11H2,1-2H3,(H2,16,17,18). The predicted octanol–water partition coefficient (Wildman–Crippen LogP) is 2.25. The van der Waals surface area contributed by atoms with E-state index in [4.69, 9.17) is 4.74 Å². The van der Waals surface area contributed by atoms with E-state index in [1.807, 2.05) is 0 Å². The van der Waals surface area contributed by atoms with E-state index in [9.17, 15) is 0 Å². The van der Waals surface area contributed by atoms with Crippen molar-refractivity contribution < 1.29 is 4.74 Å². The SMILES string of the molecule is CN=C(NCc1ccc(SC)cc1)NCC1CCCO1. The van der Waals surface area contributed by atoms with Crippen molar-refractivity contribution >= 4 is 17.7 Å². The summed E-state index contributed by atoms with van der Waals surface area (Å²) < 4.78 is 5.59. The van der Waals surface area contributed by atoms with Gasteiger partial charge in [0, 0.05) is 31.6 Å². The van der Waals surface area contributed by atoms with Gasteiger partial charge in [-0.1, -0.05) is 12.1 Å². The second-order valence-corrected chi connectivity index (χ2v) is 5.67. The molecule has 1 fully saturated rings. The quantitative estimate of drug-likeness (QED) is 0.496. The second-order valence-electron chi connectivity index (χ2n) is 4.79. The van der Waals surface area contributed by atoms with Crippen molar-refractivity contribution in [3.05, 3.63) is 29.8 Å². The van der Waals surface area contributed by atoms with E-state index >= 15 is 0 Å². The van der Waals surface area contributed by atoms with Crippen LogP contribution in [0.2, 0.25) is 0 Å². The summed E-state index contributed by atoms with van der Waals surface area (Å²) in [5, 5.41) is 6.64. The number of rotatable bonds is 5. The first-order valence-electron chi connectivity index (χ1n) is 7.01. The lowest BCUT2D eigenvalue weighted by molar-refractivity contribution is 0.114. The molecule has 1 aliphatic rings. The van der Waals surface area contributed by atoms with Gasteiger partial charge in [-0.3, -0.25) is 4.99 Å². The van der Waals surface area contributed by atoms with Crippen molar-refractivity contribution in [2.24, 2.45) is 4.99 Å². The number of nitrogens with zero attached hydrogens (tertiary/aromatic N) is 1. The molecule has 0 aliphatic carbocycles. The van der Waals surface area contributed by atoms with E-state index in [0.29, 0.717) is 6.10 Å². The van der Waals surface area contributed by atoms with Crippen LogP contribution in [0.4, 0.5) is 0 Å². The van der Waals surface area contributed by atoms with E-state index < -0.39 is 0 Å². The van der Waals surface area contributed by atoms with Crippen LogP contribution in [0.3, 0.4) is 0 Å². The van der Waals surface area contributed by atoms with Crippen LogP contribution in [0.25, 0.3) is 0 Å². The molecule has 0 saturated carbocycles. The molecule has 2 rings (SSSR count). The predicted molar refractivity (Wildman–Crippen MR) is 85.4 cm³/mol. The number of thioether (sulfide) groups is 1. The number of hydrogen-bond donors (Lipinski definition) is 2. The van der Waals surface area contributed by atoms with Gasteiger partial charge in [0.05, 0.1) is 6.10 Å². The van der Waals surface area contributed by atoms with Crippen LogP contribution < -0.4 is 10.6 Å². The lowest BCUT2D eigenvalue weighted by Gasteiger charge is -2.15. The fraction of sp³-hybridized carbons (Fsp3) is 0.533. The minimum absolute atomic E-state index is 0.328. The van der Waals surface area contributed by atoms with Crippen molar-refractivity contribution in [1.29, 1.82) is 0 Å². The zero-order chi connectivity index (χ0) is 14.2. The Labute approximate surface area is 125 Å². The summed E-state index contributed by atoms with van der Waals surface area (Å²) in [7, 11) is 1.79. The topological polar surface area (TPSA) is 45.7 Å². The highest BCUT2D eigenvalue weighted by Gasteiger charge is 2.15. The fourth-order valence-corrected chi connectivity index (χ4v) is 2.57. The Hall–Kier alpha value is -1.20. The van der Waals surface area contributed by atoms with E-state index in [2.05, 4.69) is 46.1 Å². The van der Waals surface area contributed by atoms with Crippen LogP contribution in [0.5, 0.6) is 0 Å². The summed E-state index contributed by atoms with van der Waals surface area (Å²) in [6.45, 7) is 2.49. The molecule has 4 nitrogen and oxygen atoms in total. The van der Waals surface area contributed by atoms with Gasteiger partial charge < -0.3 is 15.4 Å². The summed E-state index contributed by atoms with van der Waals surface area (Å²) in [5.74, 6) is 0.828. The second kappa shape index (κ2) is 8.17. The minimum atomic E-state index is 0.328. The summed E-state index contributed by atoms with van der Waals surface area (Å²) in [5.41, 5.74) is 1.25. The molecule has 1 heterocycles. The van der Waals surface area contributed by atoms with Gasteiger partial charge in [0.15, 0.2) is 5.96 Å². The zero-order valence-electron chi connectivity index (χ0n) is 12.2. The maximum atomic E-state index is 5.59. The smallest absolute Gasteiger partial charge is 0.191 e. The lowest BCUT2D eigenvalue weighted by atomic mass is 10.2. The van der Waals surface area contributed by atoms with Crippen molar-refractivity contribution in [1.82, 2.24) is 10.6 Å². The molecule has 1 saturated heterocycles. The highest BCUT2D eigenvalue weighted by molar-refractivity contribution is 7.98. The Morgan fingerprint density at radius 2 is 2.15 bits per heavy atom. The molecular formula is C15H23N3OS. The third kappa shape index (κ3) is 4.72. The van der Waals surface area contributed by atoms with Crippen LogP contribution in [-0.4, -0.2) is 38.5 Å². The van der Waals surface area contributed by atoms with E-state index in [1.54, 1.807) is 18.8 Å². The monoisotopic (exact) mass is 293 g/mol. The first kappa shape index (κ1) is 15.2. The Balaban J connectivity index is 1.74.